The molecule has 25 heavy (non-hydrogen) atoms. The Morgan fingerprint density at radius 1 is 1.12 bits per heavy atom. The molecule has 8 heteroatoms. The number of halogens is 1. The van der Waals surface area contributed by atoms with E-state index < -0.39 is 22.0 Å². The second kappa shape index (κ2) is 6.58. The van der Waals surface area contributed by atoms with Crippen LogP contribution >= 0.6 is 22.6 Å². The maximum absolute atomic E-state index is 12.5. The van der Waals surface area contributed by atoms with Crippen LogP contribution in [0, 0.1) is 9.49 Å². The molecule has 6 nitrogen and oxygen atoms in total. The van der Waals surface area contributed by atoms with Crippen molar-refractivity contribution in [2.45, 2.75) is 24.8 Å². The summed E-state index contributed by atoms with van der Waals surface area (Å²) in [6.45, 7) is 3.29. The number of carbonyl (C=O) groups is 1. The molecule has 0 amide bonds. The van der Waals surface area contributed by atoms with Crippen molar-refractivity contribution in [1.29, 1.82) is 0 Å². The van der Waals surface area contributed by atoms with Crippen molar-refractivity contribution in [2.75, 3.05) is 0 Å². The molecule has 2 N–H and O–H groups in total. The van der Waals surface area contributed by atoms with Crippen LogP contribution in [0.1, 0.15) is 13.8 Å². The predicted molar refractivity (Wildman–Crippen MR) is 103 cm³/mol. The van der Waals surface area contributed by atoms with Crippen LogP contribution in [0.2, 0.25) is 0 Å². The van der Waals surface area contributed by atoms with Crippen LogP contribution in [0.25, 0.3) is 21.9 Å². The third kappa shape index (κ3) is 3.51. The molecule has 0 aliphatic carbocycles. The van der Waals surface area contributed by atoms with Crippen LogP contribution in [0.5, 0.6) is 0 Å². The number of benzene rings is 2. The number of nitrogens with one attached hydrogen (secondary N) is 1. The average Bonchev–Trinajstić information content (AvgIpc) is 2.88. The Balaban J connectivity index is 2.06. The fourth-order valence-corrected chi connectivity index (χ4v) is 4.42. The zero-order valence-corrected chi connectivity index (χ0v) is 16.5. The lowest BCUT2D eigenvalue weighted by molar-refractivity contribution is -0.140. The Morgan fingerprint density at radius 3 is 2.32 bits per heavy atom. The van der Waals surface area contributed by atoms with Crippen molar-refractivity contribution in [1.82, 2.24) is 4.72 Å². The molecule has 3 rings (SSSR count). The van der Waals surface area contributed by atoms with Crippen LogP contribution in [0.3, 0.4) is 0 Å². The number of hydrogen-bond donors (Lipinski definition) is 2. The molecule has 1 heterocycles. The van der Waals surface area contributed by atoms with Gasteiger partial charge in [0, 0.05) is 20.4 Å². The minimum absolute atomic E-state index is 0.0272. The van der Waals surface area contributed by atoms with Gasteiger partial charge in [-0.25, -0.2) is 8.42 Å². The standard InChI is InChI=1S/C17H16INO5S/c1-9(2)16(17(20)21)19-25(22,23)11-4-6-13-12-5-3-10(18)7-14(12)24-15(13)8-11/h3-9,16,19H,1-2H3,(H,20,21). The van der Waals surface area contributed by atoms with E-state index in [-0.39, 0.29) is 10.8 Å². The molecule has 3 aromatic rings. The van der Waals surface area contributed by atoms with Crippen molar-refractivity contribution in [2.24, 2.45) is 5.92 Å². The smallest absolute Gasteiger partial charge is 0.322 e. The zero-order chi connectivity index (χ0) is 18.4. The summed E-state index contributed by atoms with van der Waals surface area (Å²) in [5.74, 6) is -1.60. The third-order valence-corrected chi connectivity index (χ3v) is 6.04. The summed E-state index contributed by atoms with van der Waals surface area (Å²) in [5.41, 5.74) is 1.12. The summed E-state index contributed by atoms with van der Waals surface area (Å²) in [4.78, 5) is 11.2. The average molecular weight is 473 g/mol. The van der Waals surface area contributed by atoms with E-state index in [2.05, 4.69) is 27.3 Å². The van der Waals surface area contributed by atoms with E-state index in [1.165, 1.54) is 12.1 Å². The van der Waals surface area contributed by atoms with Crippen LogP contribution in [0.15, 0.2) is 45.7 Å². The number of aliphatic carboxylic acids is 1. The van der Waals surface area contributed by atoms with E-state index in [0.29, 0.717) is 11.2 Å². The fraction of sp³-hybridized carbons (Fsp3) is 0.235. The second-order valence-corrected chi connectivity index (χ2v) is 9.04. The van der Waals surface area contributed by atoms with E-state index in [1.807, 2.05) is 18.2 Å². The molecule has 0 aliphatic rings. The first-order chi connectivity index (χ1) is 11.7. The first kappa shape index (κ1) is 18.2. The van der Waals surface area contributed by atoms with Crippen LogP contribution in [-0.2, 0) is 14.8 Å². The van der Waals surface area contributed by atoms with Crippen LogP contribution in [0.4, 0.5) is 0 Å². The lowest BCUT2D eigenvalue weighted by atomic mass is 10.1. The zero-order valence-electron chi connectivity index (χ0n) is 13.5. The van der Waals surface area contributed by atoms with Gasteiger partial charge in [0.15, 0.2) is 0 Å². The molecule has 0 bridgehead atoms. The molecule has 0 saturated carbocycles. The number of fused-ring (bicyclic) bond motifs is 3. The summed E-state index contributed by atoms with van der Waals surface area (Å²) in [7, 11) is -3.98. The summed E-state index contributed by atoms with van der Waals surface area (Å²) < 4.78 is 34.1. The van der Waals surface area contributed by atoms with E-state index >= 15 is 0 Å². The first-order valence-electron chi connectivity index (χ1n) is 7.56. The normalized spacial score (nSPS) is 13.6. The highest BCUT2D eigenvalue weighted by atomic mass is 127. The van der Waals surface area contributed by atoms with Crippen LogP contribution < -0.4 is 4.72 Å². The van der Waals surface area contributed by atoms with Gasteiger partial charge in [0.2, 0.25) is 10.0 Å². The summed E-state index contributed by atoms with van der Waals surface area (Å²) in [5, 5.41) is 10.9. The van der Waals surface area contributed by atoms with E-state index in [0.717, 1.165) is 14.3 Å². The summed E-state index contributed by atoms with van der Waals surface area (Å²) >= 11 is 2.18. The predicted octanol–water partition coefficient (Wildman–Crippen LogP) is 3.58. The molecule has 2 aromatic carbocycles. The van der Waals surface area contributed by atoms with Gasteiger partial charge in [-0.3, -0.25) is 4.79 Å². The number of furan rings is 1. The van der Waals surface area contributed by atoms with E-state index in [1.54, 1.807) is 19.9 Å². The van der Waals surface area contributed by atoms with Crippen molar-refractivity contribution in [3.8, 4) is 0 Å². The van der Waals surface area contributed by atoms with Crippen molar-refractivity contribution in [3.05, 3.63) is 40.0 Å². The highest BCUT2D eigenvalue weighted by Gasteiger charge is 2.28. The molecule has 0 fully saturated rings. The van der Waals surface area contributed by atoms with Gasteiger partial charge in [0.05, 0.1) is 4.90 Å². The largest absolute Gasteiger partial charge is 0.480 e. The first-order valence-corrected chi connectivity index (χ1v) is 10.1. The lowest BCUT2D eigenvalue weighted by Gasteiger charge is -2.17. The monoisotopic (exact) mass is 473 g/mol. The van der Waals surface area contributed by atoms with Crippen LogP contribution in [-0.4, -0.2) is 25.5 Å². The van der Waals surface area contributed by atoms with Gasteiger partial charge in [-0.05, 0) is 58.8 Å². The number of rotatable bonds is 5. The number of carboxylic acid groups (broad SMARTS) is 1. The Labute approximate surface area is 158 Å². The fourth-order valence-electron chi connectivity index (χ4n) is 2.61. The van der Waals surface area contributed by atoms with Gasteiger partial charge in [0.1, 0.15) is 17.2 Å². The summed E-state index contributed by atoms with van der Waals surface area (Å²) in [6, 6.07) is 9.10. The van der Waals surface area contributed by atoms with Gasteiger partial charge in [0.25, 0.3) is 0 Å². The molecule has 0 aliphatic heterocycles. The highest BCUT2D eigenvalue weighted by Crippen LogP contribution is 2.31. The van der Waals surface area contributed by atoms with E-state index in [9.17, 15) is 18.3 Å². The molecule has 1 aromatic heterocycles. The molecule has 1 atom stereocenters. The molecule has 132 valence electrons. The lowest BCUT2D eigenvalue weighted by Crippen LogP contribution is -2.44. The quantitative estimate of drug-likeness (QED) is 0.553. The summed E-state index contributed by atoms with van der Waals surface area (Å²) in [6.07, 6.45) is 0. The molecular formula is C17H16INO5S. The molecule has 0 spiro atoms. The Bertz CT molecular complexity index is 1070. The van der Waals surface area contributed by atoms with Gasteiger partial charge in [-0.1, -0.05) is 13.8 Å². The number of hydrogen-bond acceptors (Lipinski definition) is 4. The molecule has 0 saturated heterocycles. The minimum Gasteiger partial charge on any atom is -0.480 e. The Hall–Kier alpha value is -1.65. The maximum Gasteiger partial charge on any atom is 0.322 e. The molecule has 1 unspecified atom stereocenters. The van der Waals surface area contributed by atoms with Crippen molar-refractivity contribution < 1.29 is 22.7 Å². The topological polar surface area (TPSA) is 96.6 Å². The van der Waals surface area contributed by atoms with Crippen molar-refractivity contribution >= 4 is 60.5 Å². The Morgan fingerprint density at radius 2 is 1.72 bits per heavy atom. The van der Waals surface area contributed by atoms with Gasteiger partial charge >= 0.3 is 5.97 Å². The highest BCUT2D eigenvalue weighted by molar-refractivity contribution is 14.1. The SMILES string of the molecule is CC(C)C(NS(=O)(=O)c1ccc2c(c1)oc1cc(I)ccc12)C(=O)O. The number of carboxylic acids is 1. The third-order valence-electron chi connectivity index (χ3n) is 3.93. The van der Waals surface area contributed by atoms with Crippen molar-refractivity contribution in [3.63, 3.8) is 0 Å². The van der Waals surface area contributed by atoms with Gasteiger partial charge in [-0.15, -0.1) is 0 Å². The van der Waals surface area contributed by atoms with Gasteiger partial charge in [-0.2, -0.15) is 4.72 Å². The second-order valence-electron chi connectivity index (χ2n) is 6.08. The number of sulfonamides is 1. The molecule has 0 radical (unpaired) electrons. The maximum atomic E-state index is 12.5. The van der Waals surface area contributed by atoms with E-state index in [4.69, 9.17) is 4.42 Å². The minimum atomic E-state index is -3.98. The Kier molecular flexibility index (Phi) is 4.78. The molecular weight excluding hydrogens is 457 g/mol. The van der Waals surface area contributed by atoms with Gasteiger partial charge < -0.3 is 9.52 Å².